The standard InChI is InChI=1S/C27H30N6O2/c1-18-17-32(12-13-33(18)25(34)10-14-35-2)27-20(16-28)15-24(26(31-27)19-7-8-19)30-23-9-11-29-22-6-4-3-5-21(22)23/h3-6,9,11,15,18-19H,7-8,10,12-14,17H2,1-2H3,(H,29,30)/t18-/m1/s1. The number of nitrogens with one attached hydrogen (secondary N) is 1. The van der Waals surface area contributed by atoms with Gasteiger partial charge in [0.2, 0.25) is 5.91 Å². The second kappa shape index (κ2) is 9.88. The van der Waals surface area contributed by atoms with Crippen LogP contribution < -0.4 is 10.2 Å². The number of hydrogen-bond donors (Lipinski definition) is 1. The summed E-state index contributed by atoms with van der Waals surface area (Å²) in [4.78, 5) is 26.1. The average Bonchev–Trinajstić information content (AvgIpc) is 3.72. The third-order valence-electron chi connectivity index (χ3n) is 6.80. The molecule has 1 amide bonds. The van der Waals surface area contributed by atoms with Gasteiger partial charge in [0, 0.05) is 56.0 Å². The molecule has 1 aromatic carbocycles. The molecule has 0 radical (unpaired) electrons. The first-order valence-corrected chi connectivity index (χ1v) is 12.2. The maximum Gasteiger partial charge on any atom is 0.225 e. The highest BCUT2D eigenvalue weighted by Crippen LogP contribution is 2.45. The predicted molar refractivity (Wildman–Crippen MR) is 136 cm³/mol. The van der Waals surface area contributed by atoms with Crippen LogP contribution in [0.4, 0.5) is 17.2 Å². The number of benzene rings is 1. The molecule has 2 aromatic heterocycles. The Morgan fingerprint density at radius 3 is 2.80 bits per heavy atom. The van der Waals surface area contributed by atoms with Gasteiger partial charge in [-0.1, -0.05) is 18.2 Å². The predicted octanol–water partition coefficient (Wildman–Crippen LogP) is 4.20. The van der Waals surface area contributed by atoms with E-state index in [0.29, 0.717) is 44.1 Å². The average molecular weight is 471 g/mol. The molecule has 0 unspecified atom stereocenters. The molecule has 1 N–H and O–H groups in total. The van der Waals surface area contributed by atoms with Crippen LogP contribution >= 0.6 is 0 Å². The number of rotatable bonds is 7. The molecule has 1 aliphatic carbocycles. The Morgan fingerprint density at radius 2 is 2.06 bits per heavy atom. The van der Waals surface area contributed by atoms with Crippen LogP contribution in [0.15, 0.2) is 42.6 Å². The fourth-order valence-electron chi connectivity index (χ4n) is 4.81. The first kappa shape index (κ1) is 23.1. The molecule has 2 aliphatic rings. The molecule has 180 valence electrons. The van der Waals surface area contributed by atoms with Gasteiger partial charge in [-0.3, -0.25) is 9.78 Å². The van der Waals surface area contributed by atoms with Crippen molar-refractivity contribution in [1.29, 1.82) is 5.26 Å². The summed E-state index contributed by atoms with van der Waals surface area (Å²) in [7, 11) is 1.61. The van der Waals surface area contributed by atoms with Crippen molar-refractivity contribution in [2.24, 2.45) is 0 Å². The van der Waals surface area contributed by atoms with Gasteiger partial charge in [-0.15, -0.1) is 0 Å². The van der Waals surface area contributed by atoms with Gasteiger partial charge < -0.3 is 19.9 Å². The Bertz CT molecular complexity index is 1280. The molecular weight excluding hydrogens is 440 g/mol. The van der Waals surface area contributed by atoms with Gasteiger partial charge in [0.15, 0.2) is 0 Å². The highest BCUT2D eigenvalue weighted by molar-refractivity contribution is 5.93. The first-order valence-electron chi connectivity index (χ1n) is 12.2. The lowest BCUT2D eigenvalue weighted by Crippen LogP contribution is -2.54. The molecule has 3 heterocycles. The molecular formula is C27H30N6O2. The fraction of sp³-hybridized carbons (Fsp3) is 0.407. The number of nitrogens with zero attached hydrogens (tertiary/aromatic N) is 5. The molecule has 1 aliphatic heterocycles. The lowest BCUT2D eigenvalue weighted by molar-refractivity contribution is -0.134. The Balaban J connectivity index is 1.43. The number of nitriles is 1. The van der Waals surface area contributed by atoms with Crippen LogP contribution in [-0.4, -0.2) is 60.2 Å². The Hall–Kier alpha value is -3.70. The zero-order valence-corrected chi connectivity index (χ0v) is 20.2. The minimum Gasteiger partial charge on any atom is -0.384 e. The minimum absolute atomic E-state index is 0.0341. The van der Waals surface area contributed by atoms with E-state index in [2.05, 4.69) is 28.2 Å². The monoisotopic (exact) mass is 470 g/mol. The summed E-state index contributed by atoms with van der Waals surface area (Å²) >= 11 is 0. The number of ether oxygens (including phenoxy) is 1. The summed E-state index contributed by atoms with van der Waals surface area (Å²) in [6.07, 6.45) is 4.38. The van der Waals surface area contributed by atoms with Crippen molar-refractivity contribution < 1.29 is 9.53 Å². The third-order valence-corrected chi connectivity index (χ3v) is 6.80. The summed E-state index contributed by atoms with van der Waals surface area (Å²) in [5.74, 6) is 1.22. The molecule has 8 heteroatoms. The molecule has 0 spiro atoms. The molecule has 0 bridgehead atoms. The number of piperazine rings is 1. The molecule has 1 atom stereocenters. The van der Waals surface area contributed by atoms with Crippen LogP contribution in [0.25, 0.3) is 10.9 Å². The van der Waals surface area contributed by atoms with E-state index in [1.54, 1.807) is 13.3 Å². The van der Waals surface area contributed by atoms with Crippen LogP contribution in [0.1, 0.15) is 43.4 Å². The number of anilines is 3. The number of pyridine rings is 2. The smallest absolute Gasteiger partial charge is 0.225 e. The zero-order chi connectivity index (χ0) is 24.4. The van der Waals surface area contributed by atoms with Crippen LogP contribution in [0.5, 0.6) is 0 Å². The Labute approximate surface area is 205 Å². The Kier molecular flexibility index (Phi) is 6.51. The zero-order valence-electron chi connectivity index (χ0n) is 20.2. The molecule has 35 heavy (non-hydrogen) atoms. The largest absolute Gasteiger partial charge is 0.384 e. The van der Waals surface area contributed by atoms with E-state index in [0.717, 1.165) is 46.6 Å². The highest BCUT2D eigenvalue weighted by Gasteiger charge is 2.33. The number of carbonyl (C=O) groups excluding carboxylic acids is 1. The summed E-state index contributed by atoms with van der Waals surface area (Å²) in [6.45, 7) is 4.38. The maximum absolute atomic E-state index is 12.5. The van der Waals surface area contributed by atoms with Gasteiger partial charge in [-0.25, -0.2) is 4.98 Å². The number of hydrogen-bond acceptors (Lipinski definition) is 7. The van der Waals surface area contributed by atoms with Gasteiger partial charge in [0.25, 0.3) is 0 Å². The van der Waals surface area contributed by atoms with E-state index in [9.17, 15) is 10.1 Å². The van der Waals surface area contributed by atoms with E-state index < -0.39 is 0 Å². The van der Waals surface area contributed by atoms with Crippen LogP contribution in [-0.2, 0) is 9.53 Å². The maximum atomic E-state index is 12.5. The first-order chi connectivity index (χ1) is 17.1. The SMILES string of the molecule is COCCC(=O)N1CCN(c2nc(C3CC3)c(Nc3ccnc4ccccc34)cc2C#N)C[C@H]1C. The quantitative estimate of drug-likeness (QED) is 0.553. The summed E-state index contributed by atoms with van der Waals surface area (Å²) in [6, 6.07) is 14.3. The second-order valence-electron chi connectivity index (χ2n) is 9.30. The van der Waals surface area contributed by atoms with Crippen LogP contribution in [0.3, 0.4) is 0 Å². The number of para-hydroxylation sites is 1. The van der Waals surface area contributed by atoms with E-state index in [1.165, 1.54) is 0 Å². The van der Waals surface area contributed by atoms with Gasteiger partial charge in [0.1, 0.15) is 11.9 Å². The van der Waals surface area contributed by atoms with Gasteiger partial charge in [-0.2, -0.15) is 5.26 Å². The van der Waals surface area contributed by atoms with E-state index in [1.807, 2.05) is 41.3 Å². The van der Waals surface area contributed by atoms with Crippen molar-refractivity contribution in [3.8, 4) is 6.07 Å². The number of carbonyl (C=O) groups is 1. The lowest BCUT2D eigenvalue weighted by Gasteiger charge is -2.41. The number of methoxy groups -OCH3 is 1. The molecule has 1 saturated heterocycles. The Morgan fingerprint density at radius 1 is 1.23 bits per heavy atom. The molecule has 5 rings (SSSR count). The molecule has 1 saturated carbocycles. The number of aromatic nitrogens is 2. The summed E-state index contributed by atoms with van der Waals surface area (Å²) < 4.78 is 5.06. The van der Waals surface area contributed by atoms with E-state index >= 15 is 0 Å². The molecule has 8 nitrogen and oxygen atoms in total. The third kappa shape index (κ3) is 4.77. The van der Waals surface area contributed by atoms with Crippen molar-refractivity contribution in [1.82, 2.24) is 14.9 Å². The van der Waals surface area contributed by atoms with E-state index in [-0.39, 0.29) is 11.9 Å². The second-order valence-corrected chi connectivity index (χ2v) is 9.30. The highest BCUT2D eigenvalue weighted by atomic mass is 16.5. The lowest BCUT2D eigenvalue weighted by atomic mass is 10.1. The van der Waals surface area contributed by atoms with Crippen LogP contribution in [0.2, 0.25) is 0 Å². The van der Waals surface area contributed by atoms with Crippen molar-refractivity contribution in [2.75, 3.05) is 43.6 Å². The van der Waals surface area contributed by atoms with Crippen molar-refractivity contribution >= 4 is 34.0 Å². The minimum atomic E-state index is 0.0341. The molecule has 3 aromatic rings. The van der Waals surface area contributed by atoms with E-state index in [4.69, 9.17) is 9.72 Å². The van der Waals surface area contributed by atoms with Crippen LogP contribution in [0, 0.1) is 11.3 Å². The number of fused-ring (bicyclic) bond motifs is 1. The van der Waals surface area contributed by atoms with Gasteiger partial charge in [-0.05, 0) is 38.0 Å². The van der Waals surface area contributed by atoms with Gasteiger partial charge in [0.05, 0.1) is 35.5 Å². The van der Waals surface area contributed by atoms with Gasteiger partial charge >= 0.3 is 0 Å². The summed E-state index contributed by atoms with van der Waals surface area (Å²) in [5, 5.41) is 14.6. The topological polar surface area (TPSA) is 94.4 Å². The fourth-order valence-corrected chi connectivity index (χ4v) is 4.81. The number of amides is 1. The molecule has 2 fully saturated rings. The normalized spacial score (nSPS) is 17.9. The summed E-state index contributed by atoms with van der Waals surface area (Å²) in [5.41, 5.74) is 4.30. The van der Waals surface area contributed by atoms with Crippen molar-refractivity contribution in [3.05, 3.63) is 53.9 Å². The van der Waals surface area contributed by atoms with Crippen molar-refractivity contribution in [3.63, 3.8) is 0 Å². The van der Waals surface area contributed by atoms with Crippen molar-refractivity contribution in [2.45, 2.75) is 38.1 Å².